The van der Waals surface area contributed by atoms with Gasteiger partial charge in [0.25, 0.3) is 0 Å². The topological polar surface area (TPSA) is 20.3 Å². The van der Waals surface area contributed by atoms with Gasteiger partial charge in [-0.25, -0.2) is 0 Å². The first kappa shape index (κ1) is 12.6. The molecule has 3 heteroatoms. The van der Waals surface area contributed by atoms with E-state index in [0.29, 0.717) is 5.92 Å². The number of para-hydroxylation sites is 1. The van der Waals surface area contributed by atoms with Gasteiger partial charge in [0.15, 0.2) is 0 Å². The molecule has 0 radical (unpaired) electrons. The van der Waals surface area contributed by atoms with Gasteiger partial charge in [-0.05, 0) is 30.4 Å². The second-order valence-corrected chi connectivity index (χ2v) is 5.92. The number of halogens is 1. The van der Waals surface area contributed by atoms with Crippen LogP contribution in [0.2, 0.25) is 0 Å². The van der Waals surface area contributed by atoms with Gasteiger partial charge < -0.3 is 4.90 Å². The van der Waals surface area contributed by atoms with E-state index in [1.165, 1.54) is 5.56 Å². The zero-order valence-electron chi connectivity index (χ0n) is 10.3. The fourth-order valence-corrected chi connectivity index (χ4v) is 2.86. The average Bonchev–Trinajstić information content (AvgIpc) is 2.33. The van der Waals surface area contributed by atoms with E-state index in [4.69, 9.17) is 0 Å². The van der Waals surface area contributed by atoms with E-state index in [-0.39, 0.29) is 10.7 Å². The smallest absolute Gasteiger partial charge is 0.240 e. The van der Waals surface area contributed by atoms with Crippen LogP contribution in [0.25, 0.3) is 0 Å². The molecule has 1 heterocycles. The minimum Gasteiger partial charge on any atom is -0.311 e. The molecule has 1 unspecified atom stereocenters. The van der Waals surface area contributed by atoms with Gasteiger partial charge in [0.1, 0.15) is 0 Å². The van der Waals surface area contributed by atoms with Gasteiger partial charge in [-0.2, -0.15) is 0 Å². The summed E-state index contributed by atoms with van der Waals surface area (Å²) in [5.74, 6) is 0.638. The summed E-state index contributed by atoms with van der Waals surface area (Å²) in [6.45, 7) is 5.17. The van der Waals surface area contributed by atoms with Crippen LogP contribution in [0.1, 0.15) is 38.2 Å². The summed E-state index contributed by atoms with van der Waals surface area (Å²) in [5, 5.41) is 0. The molecule has 1 amide bonds. The van der Waals surface area contributed by atoms with Crippen LogP contribution in [-0.4, -0.2) is 17.3 Å². The van der Waals surface area contributed by atoms with E-state index < -0.39 is 0 Å². The van der Waals surface area contributed by atoms with E-state index in [2.05, 4.69) is 41.9 Å². The molecule has 0 aromatic heterocycles. The van der Waals surface area contributed by atoms with Gasteiger partial charge >= 0.3 is 0 Å². The molecular weight excluding hydrogens is 278 g/mol. The Bertz CT molecular complexity index is 416. The molecule has 0 saturated carbocycles. The molecule has 1 saturated heterocycles. The number of carbonyl (C=O) groups excluding carboxylic acids is 1. The van der Waals surface area contributed by atoms with Gasteiger partial charge in [0, 0.05) is 12.2 Å². The Kier molecular flexibility index (Phi) is 3.87. The Morgan fingerprint density at radius 2 is 2.06 bits per heavy atom. The van der Waals surface area contributed by atoms with Crippen molar-refractivity contribution in [1.29, 1.82) is 0 Å². The Balaban J connectivity index is 2.36. The number of hydrogen-bond acceptors (Lipinski definition) is 1. The molecular formula is C14H18BrNO. The minimum absolute atomic E-state index is 0.0172. The molecule has 1 fully saturated rings. The fourth-order valence-electron chi connectivity index (χ4n) is 2.29. The van der Waals surface area contributed by atoms with Crippen LogP contribution in [0.3, 0.4) is 0 Å². The standard InChI is InChI=1S/C14H18BrNO/c1-10(2)11-6-3-4-8-13(11)16-9-5-7-12(15)14(16)17/h3-4,6,8,10,12H,5,7,9H2,1-2H3. The lowest BCUT2D eigenvalue weighted by Gasteiger charge is -2.32. The molecule has 2 nitrogen and oxygen atoms in total. The molecule has 1 aliphatic rings. The molecule has 1 aromatic carbocycles. The molecule has 0 bridgehead atoms. The van der Waals surface area contributed by atoms with Crippen LogP contribution in [0.5, 0.6) is 0 Å². The number of benzene rings is 1. The maximum absolute atomic E-state index is 12.2. The number of amides is 1. The molecule has 0 spiro atoms. The average molecular weight is 296 g/mol. The van der Waals surface area contributed by atoms with Crippen molar-refractivity contribution in [3.05, 3.63) is 29.8 Å². The van der Waals surface area contributed by atoms with E-state index >= 15 is 0 Å². The quantitative estimate of drug-likeness (QED) is 0.762. The summed E-state index contributed by atoms with van der Waals surface area (Å²) in [6, 6.07) is 8.22. The normalized spacial score (nSPS) is 21.1. The first-order valence-corrected chi connectivity index (χ1v) is 7.07. The molecule has 0 aliphatic carbocycles. The zero-order valence-corrected chi connectivity index (χ0v) is 11.9. The highest BCUT2D eigenvalue weighted by molar-refractivity contribution is 9.10. The van der Waals surface area contributed by atoms with E-state index in [9.17, 15) is 4.79 Å². The van der Waals surface area contributed by atoms with Crippen LogP contribution in [0.15, 0.2) is 24.3 Å². The Hall–Kier alpha value is -0.830. The van der Waals surface area contributed by atoms with Crippen LogP contribution in [0.4, 0.5) is 5.69 Å². The summed E-state index contributed by atoms with van der Waals surface area (Å²) < 4.78 is 0. The minimum atomic E-state index is -0.0172. The maximum atomic E-state index is 12.2. The van der Waals surface area contributed by atoms with E-state index in [0.717, 1.165) is 25.1 Å². The highest BCUT2D eigenvalue weighted by Crippen LogP contribution is 2.31. The number of carbonyl (C=O) groups is 1. The van der Waals surface area contributed by atoms with Crippen LogP contribution < -0.4 is 4.90 Å². The first-order chi connectivity index (χ1) is 8.11. The second-order valence-electron chi connectivity index (χ2n) is 4.81. The number of alkyl halides is 1. The van der Waals surface area contributed by atoms with Crippen molar-refractivity contribution in [2.45, 2.75) is 37.4 Å². The maximum Gasteiger partial charge on any atom is 0.240 e. The SMILES string of the molecule is CC(C)c1ccccc1N1CCCC(Br)C1=O. The Labute approximate surface area is 111 Å². The molecule has 1 aliphatic heterocycles. The molecule has 92 valence electrons. The molecule has 0 N–H and O–H groups in total. The largest absolute Gasteiger partial charge is 0.311 e. The molecule has 1 aromatic rings. The highest BCUT2D eigenvalue weighted by atomic mass is 79.9. The number of anilines is 1. The van der Waals surface area contributed by atoms with E-state index in [1.807, 2.05) is 17.0 Å². The number of nitrogens with zero attached hydrogens (tertiary/aromatic N) is 1. The van der Waals surface area contributed by atoms with Gasteiger partial charge in [-0.1, -0.05) is 48.0 Å². The summed E-state index contributed by atoms with van der Waals surface area (Å²) in [4.78, 5) is 14.1. The van der Waals surface area contributed by atoms with Gasteiger partial charge in [0.05, 0.1) is 4.83 Å². The van der Waals surface area contributed by atoms with Crippen molar-refractivity contribution in [3.8, 4) is 0 Å². The number of piperidine rings is 1. The fraction of sp³-hybridized carbons (Fsp3) is 0.500. The number of hydrogen-bond donors (Lipinski definition) is 0. The van der Waals surface area contributed by atoms with Gasteiger partial charge in [-0.3, -0.25) is 4.79 Å². The highest BCUT2D eigenvalue weighted by Gasteiger charge is 2.28. The van der Waals surface area contributed by atoms with Gasteiger partial charge in [-0.15, -0.1) is 0 Å². The van der Waals surface area contributed by atoms with Crippen LogP contribution in [-0.2, 0) is 4.79 Å². The third-order valence-corrected chi connectivity index (χ3v) is 4.07. The predicted molar refractivity (Wildman–Crippen MR) is 74.8 cm³/mol. The summed E-state index contributed by atoms with van der Waals surface area (Å²) in [5.41, 5.74) is 2.33. The van der Waals surface area contributed by atoms with Crippen molar-refractivity contribution in [1.82, 2.24) is 0 Å². The molecule has 1 atom stereocenters. The lowest BCUT2D eigenvalue weighted by atomic mass is 9.99. The monoisotopic (exact) mass is 295 g/mol. The van der Waals surface area contributed by atoms with Crippen molar-refractivity contribution >= 4 is 27.5 Å². The van der Waals surface area contributed by atoms with E-state index in [1.54, 1.807) is 0 Å². The van der Waals surface area contributed by atoms with Crippen molar-refractivity contribution < 1.29 is 4.79 Å². The number of rotatable bonds is 2. The summed E-state index contributed by atoms with van der Waals surface area (Å²) in [6.07, 6.45) is 2.01. The zero-order chi connectivity index (χ0) is 12.4. The Morgan fingerprint density at radius 3 is 2.76 bits per heavy atom. The van der Waals surface area contributed by atoms with Gasteiger partial charge in [0.2, 0.25) is 5.91 Å². The van der Waals surface area contributed by atoms with Crippen LogP contribution in [0, 0.1) is 0 Å². The first-order valence-electron chi connectivity index (χ1n) is 6.15. The predicted octanol–water partition coefficient (Wildman–Crippen LogP) is 3.70. The third-order valence-electron chi connectivity index (χ3n) is 3.22. The molecule has 2 rings (SSSR count). The van der Waals surface area contributed by atoms with Crippen LogP contribution >= 0.6 is 15.9 Å². The third kappa shape index (κ3) is 2.54. The lowest BCUT2D eigenvalue weighted by molar-refractivity contribution is -0.118. The van der Waals surface area contributed by atoms with Crippen molar-refractivity contribution in [2.75, 3.05) is 11.4 Å². The lowest BCUT2D eigenvalue weighted by Crippen LogP contribution is -2.42. The van der Waals surface area contributed by atoms with Crippen molar-refractivity contribution in [3.63, 3.8) is 0 Å². The molecule has 17 heavy (non-hydrogen) atoms. The summed E-state index contributed by atoms with van der Waals surface area (Å²) >= 11 is 3.46. The summed E-state index contributed by atoms with van der Waals surface area (Å²) in [7, 11) is 0. The second kappa shape index (κ2) is 5.21. The van der Waals surface area contributed by atoms with Crippen molar-refractivity contribution in [2.24, 2.45) is 0 Å². The Morgan fingerprint density at radius 1 is 1.35 bits per heavy atom.